The van der Waals surface area contributed by atoms with Crippen LogP contribution >= 0.6 is 23.5 Å². The molecule has 94 valence electrons. The van der Waals surface area contributed by atoms with Crippen molar-refractivity contribution >= 4 is 29.4 Å². The lowest BCUT2D eigenvalue weighted by Gasteiger charge is -2.14. The first-order chi connectivity index (χ1) is 8.13. The molecule has 0 unspecified atom stereocenters. The quantitative estimate of drug-likeness (QED) is 0.805. The van der Waals surface area contributed by atoms with E-state index in [0.717, 1.165) is 0 Å². The Morgan fingerprint density at radius 2 is 1.94 bits per heavy atom. The van der Waals surface area contributed by atoms with Crippen LogP contribution < -0.4 is 5.32 Å². The molecule has 2 nitrogen and oxygen atoms in total. The van der Waals surface area contributed by atoms with Gasteiger partial charge in [-0.05, 0) is 25.3 Å². The van der Waals surface area contributed by atoms with Gasteiger partial charge in [-0.1, -0.05) is 25.1 Å². The molecule has 0 saturated heterocycles. The molecule has 0 fully saturated rings. The first kappa shape index (κ1) is 14.5. The lowest BCUT2D eigenvalue weighted by atomic mass is 10.4. The van der Waals surface area contributed by atoms with Gasteiger partial charge in [0.25, 0.3) is 0 Å². The van der Waals surface area contributed by atoms with Crippen LogP contribution in [0.4, 0.5) is 0 Å². The summed E-state index contributed by atoms with van der Waals surface area (Å²) in [5.74, 6) is 0.123. The van der Waals surface area contributed by atoms with E-state index < -0.39 is 0 Å². The second-order valence-electron chi connectivity index (χ2n) is 3.86. The van der Waals surface area contributed by atoms with Crippen molar-refractivity contribution in [1.82, 2.24) is 5.32 Å². The molecule has 0 aliphatic carbocycles. The van der Waals surface area contributed by atoms with Gasteiger partial charge in [0.1, 0.15) is 0 Å². The minimum absolute atomic E-state index is 0.0314. The highest BCUT2D eigenvalue weighted by Gasteiger charge is 2.12. The minimum atomic E-state index is 0.0314. The van der Waals surface area contributed by atoms with Crippen molar-refractivity contribution in [2.45, 2.75) is 29.2 Å². The average Bonchev–Trinajstić information content (AvgIpc) is 2.36. The Bertz CT molecular complexity index is 343. The summed E-state index contributed by atoms with van der Waals surface area (Å²) in [6, 6.07) is 10.3. The Balaban J connectivity index is 2.31. The maximum atomic E-state index is 11.6. The number of hydrogen-bond acceptors (Lipinski definition) is 3. The van der Waals surface area contributed by atoms with Gasteiger partial charge >= 0.3 is 0 Å². The molecule has 0 saturated carbocycles. The summed E-state index contributed by atoms with van der Waals surface area (Å²) in [6.07, 6.45) is 1.95. The number of rotatable bonds is 6. The molecule has 0 heterocycles. The molecule has 0 aromatic heterocycles. The third-order valence-corrected chi connectivity index (χ3v) is 4.40. The highest BCUT2D eigenvalue weighted by molar-refractivity contribution is 8.00. The summed E-state index contributed by atoms with van der Waals surface area (Å²) in [5.41, 5.74) is 0. The summed E-state index contributed by atoms with van der Waals surface area (Å²) >= 11 is 3.35. The number of carbonyl (C=O) groups is 1. The molecule has 0 bridgehead atoms. The van der Waals surface area contributed by atoms with Crippen molar-refractivity contribution in [2.24, 2.45) is 0 Å². The fourth-order valence-electron chi connectivity index (χ4n) is 1.27. The van der Waals surface area contributed by atoms with Crippen molar-refractivity contribution < 1.29 is 4.79 Å². The molecule has 1 rings (SSSR count). The Morgan fingerprint density at radius 3 is 2.53 bits per heavy atom. The van der Waals surface area contributed by atoms with Crippen molar-refractivity contribution in [3.8, 4) is 0 Å². The van der Waals surface area contributed by atoms with Crippen molar-refractivity contribution in [3.63, 3.8) is 0 Å². The topological polar surface area (TPSA) is 29.1 Å². The van der Waals surface area contributed by atoms with E-state index in [1.165, 1.54) is 4.90 Å². The van der Waals surface area contributed by atoms with Crippen LogP contribution in [0.25, 0.3) is 0 Å². The number of amides is 1. The molecular weight excluding hydrogens is 250 g/mol. The Kier molecular flexibility index (Phi) is 6.52. The molecule has 1 amide bonds. The zero-order chi connectivity index (χ0) is 12.7. The average molecular weight is 269 g/mol. The monoisotopic (exact) mass is 269 g/mol. The van der Waals surface area contributed by atoms with Crippen LogP contribution in [0.2, 0.25) is 0 Å². The van der Waals surface area contributed by atoms with Gasteiger partial charge < -0.3 is 5.32 Å². The summed E-state index contributed by atoms with van der Waals surface area (Å²) in [7, 11) is 0. The number of thioether (sulfide) groups is 2. The zero-order valence-electron chi connectivity index (χ0n) is 10.5. The SMILES string of the molecule is CS[C@H](C)C(=O)NC[C@H](C)Sc1ccccc1. The molecule has 2 atom stereocenters. The van der Waals surface area contributed by atoms with Gasteiger partial charge in [-0.25, -0.2) is 0 Å². The Morgan fingerprint density at radius 1 is 1.29 bits per heavy atom. The van der Waals surface area contributed by atoms with Crippen LogP contribution in [0, 0.1) is 0 Å². The summed E-state index contributed by atoms with van der Waals surface area (Å²) in [5, 5.41) is 3.39. The third kappa shape index (κ3) is 5.50. The van der Waals surface area contributed by atoms with E-state index in [0.29, 0.717) is 11.8 Å². The second kappa shape index (κ2) is 7.67. The zero-order valence-corrected chi connectivity index (χ0v) is 12.1. The van der Waals surface area contributed by atoms with E-state index >= 15 is 0 Å². The first-order valence-electron chi connectivity index (χ1n) is 5.65. The van der Waals surface area contributed by atoms with Crippen molar-refractivity contribution in [2.75, 3.05) is 12.8 Å². The van der Waals surface area contributed by atoms with E-state index in [1.54, 1.807) is 23.5 Å². The van der Waals surface area contributed by atoms with E-state index in [9.17, 15) is 4.79 Å². The predicted molar refractivity (Wildman–Crippen MR) is 77.7 cm³/mol. The van der Waals surface area contributed by atoms with Crippen LogP contribution in [-0.2, 0) is 4.79 Å². The smallest absolute Gasteiger partial charge is 0.232 e. The van der Waals surface area contributed by atoms with Gasteiger partial charge in [0, 0.05) is 16.7 Å². The number of nitrogens with one attached hydrogen (secondary N) is 1. The lowest BCUT2D eigenvalue weighted by molar-refractivity contribution is -0.120. The molecule has 4 heteroatoms. The molecule has 1 aromatic rings. The summed E-state index contributed by atoms with van der Waals surface area (Å²) in [6.45, 7) is 4.76. The molecular formula is C13H19NOS2. The van der Waals surface area contributed by atoms with Crippen LogP contribution in [0.3, 0.4) is 0 Å². The van der Waals surface area contributed by atoms with Crippen LogP contribution in [-0.4, -0.2) is 29.2 Å². The Hall–Kier alpha value is -0.610. The van der Waals surface area contributed by atoms with E-state index in [2.05, 4.69) is 24.4 Å². The largest absolute Gasteiger partial charge is 0.354 e. The van der Waals surface area contributed by atoms with Crippen molar-refractivity contribution in [3.05, 3.63) is 30.3 Å². The summed E-state index contributed by atoms with van der Waals surface area (Å²) < 4.78 is 0. The maximum absolute atomic E-state index is 11.6. The molecule has 0 spiro atoms. The lowest BCUT2D eigenvalue weighted by Crippen LogP contribution is -2.34. The molecule has 0 radical (unpaired) electrons. The molecule has 1 aromatic carbocycles. The number of hydrogen-bond donors (Lipinski definition) is 1. The van der Waals surface area contributed by atoms with Crippen LogP contribution in [0.15, 0.2) is 35.2 Å². The molecule has 1 N–H and O–H groups in total. The summed E-state index contributed by atoms with van der Waals surface area (Å²) in [4.78, 5) is 12.8. The van der Waals surface area contributed by atoms with Gasteiger partial charge in [-0.2, -0.15) is 11.8 Å². The highest BCUT2D eigenvalue weighted by atomic mass is 32.2. The second-order valence-corrected chi connectivity index (χ2v) is 6.55. The minimum Gasteiger partial charge on any atom is -0.354 e. The standard InChI is InChI=1S/C13H19NOS2/c1-10(9-14-13(15)11(2)16-3)17-12-7-5-4-6-8-12/h4-8,10-11H,9H2,1-3H3,(H,14,15)/t10-,11+/m0/s1. The van der Waals surface area contributed by atoms with E-state index in [-0.39, 0.29) is 11.2 Å². The Labute approximate surface area is 112 Å². The number of carbonyl (C=O) groups excluding carboxylic acids is 1. The number of benzene rings is 1. The van der Waals surface area contributed by atoms with Gasteiger partial charge in [-0.15, -0.1) is 11.8 Å². The van der Waals surface area contributed by atoms with Gasteiger partial charge in [0.05, 0.1) is 5.25 Å². The predicted octanol–water partition coefficient (Wildman–Crippen LogP) is 3.03. The van der Waals surface area contributed by atoms with Crippen LogP contribution in [0.1, 0.15) is 13.8 Å². The van der Waals surface area contributed by atoms with E-state index in [1.807, 2.05) is 31.4 Å². The van der Waals surface area contributed by atoms with E-state index in [4.69, 9.17) is 0 Å². The maximum Gasteiger partial charge on any atom is 0.232 e. The van der Waals surface area contributed by atoms with Crippen LogP contribution in [0.5, 0.6) is 0 Å². The molecule has 17 heavy (non-hydrogen) atoms. The fraction of sp³-hybridized carbons (Fsp3) is 0.462. The van der Waals surface area contributed by atoms with Crippen molar-refractivity contribution in [1.29, 1.82) is 0 Å². The normalized spacial score (nSPS) is 14.1. The fourth-order valence-corrected chi connectivity index (χ4v) is 2.51. The molecule has 0 aliphatic rings. The van der Waals surface area contributed by atoms with Gasteiger partial charge in [0.2, 0.25) is 5.91 Å². The third-order valence-electron chi connectivity index (χ3n) is 2.37. The first-order valence-corrected chi connectivity index (χ1v) is 7.82. The van der Waals surface area contributed by atoms with Gasteiger partial charge in [0.15, 0.2) is 0 Å². The highest BCUT2D eigenvalue weighted by Crippen LogP contribution is 2.22. The molecule has 0 aliphatic heterocycles. The van der Waals surface area contributed by atoms with Gasteiger partial charge in [-0.3, -0.25) is 4.79 Å².